The number of anilines is 1. The second kappa shape index (κ2) is 4.94. The zero-order chi connectivity index (χ0) is 13.3. The highest BCUT2D eigenvalue weighted by Crippen LogP contribution is 2.39. The van der Waals surface area contributed by atoms with Crippen LogP contribution in [0.1, 0.15) is 59.9 Å². The Morgan fingerprint density at radius 2 is 2.17 bits per heavy atom. The van der Waals surface area contributed by atoms with E-state index in [0.29, 0.717) is 17.5 Å². The van der Waals surface area contributed by atoms with Crippen molar-refractivity contribution in [3.63, 3.8) is 0 Å². The Kier molecular flexibility index (Phi) is 3.69. The predicted octanol–water partition coefficient (Wildman–Crippen LogP) is 4.09. The molecule has 1 saturated carbocycles. The molecule has 1 N–H and O–H groups in total. The van der Waals surface area contributed by atoms with E-state index in [1.54, 1.807) is 0 Å². The molecule has 1 aliphatic carbocycles. The van der Waals surface area contributed by atoms with Crippen LogP contribution in [0.5, 0.6) is 0 Å². The molecule has 2 unspecified atom stereocenters. The maximum atomic E-state index is 4.39. The Bertz CT molecular complexity index is 392. The minimum Gasteiger partial charge on any atom is -0.380 e. The maximum Gasteiger partial charge on any atom is 0.0728 e. The molecule has 1 aromatic heterocycles. The Balaban J connectivity index is 1.97. The van der Waals surface area contributed by atoms with Crippen molar-refractivity contribution in [3.8, 4) is 0 Å². The van der Waals surface area contributed by atoms with Crippen LogP contribution in [0.15, 0.2) is 12.4 Å². The van der Waals surface area contributed by atoms with Crippen LogP contribution in [0.2, 0.25) is 0 Å². The van der Waals surface area contributed by atoms with Crippen molar-refractivity contribution < 1.29 is 0 Å². The Labute approximate surface area is 111 Å². The van der Waals surface area contributed by atoms with E-state index in [0.717, 1.165) is 5.92 Å². The highest BCUT2D eigenvalue weighted by Gasteiger charge is 2.32. The monoisotopic (exact) mass is 249 g/mol. The summed E-state index contributed by atoms with van der Waals surface area (Å²) in [5, 5.41) is 8.05. The van der Waals surface area contributed by atoms with Crippen molar-refractivity contribution >= 4 is 5.69 Å². The predicted molar refractivity (Wildman–Crippen MR) is 76.8 cm³/mol. The van der Waals surface area contributed by atoms with Gasteiger partial charge in [0.25, 0.3) is 0 Å². The van der Waals surface area contributed by atoms with Crippen molar-refractivity contribution in [2.24, 2.45) is 11.3 Å². The van der Waals surface area contributed by atoms with Gasteiger partial charge in [0, 0.05) is 18.3 Å². The largest absolute Gasteiger partial charge is 0.380 e. The minimum absolute atomic E-state index is 0.434. The van der Waals surface area contributed by atoms with Gasteiger partial charge in [0.2, 0.25) is 0 Å². The summed E-state index contributed by atoms with van der Waals surface area (Å²) in [5.74, 6) is 0.733. The molecule has 0 aliphatic heterocycles. The smallest absolute Gasteiger partial charge is 0.0728 e. The molecule has 1 heterocycles. The second-order valence-electron chi connectivity index (χ2n) is 6.94. The molecular formula is C15H27N3. The van der Waals surface area contributed by atoms with Gasteiger partial charge in [-0.05, 0) is 44.4 Å². The van der Waals surface area contributed by atoms with Gasteiger partial charge in [-0.1, -0.05) is 20.8 Å². The first-order chi connectivity index (χ1) is 8.37. The summed E-state index contributed by atoms with van der Waals surface area (Å²) in [6.45, 7) is 11.4. The SMILES string of the molecule is CC1CC(C)(C)CCC1Nc1cnn(C(C)C)c1. The molecule has 3 heteroatoms. The van der Waals surface area contributed by atoms with Gasteiger partial charge in [0.15, 0.2) is 0 Å². The molecule has 2 rings (SSSR count). The second-order valence-corrected chi connectivity index (χ2v) is 6.94. The highest BCUT2D eigenvalue weighted by atomic mass is 15.3. The topological polar surface area (TPSA) is 29.9 Å². The number of aromatic nitrogens is 2. The van der Waals surface area contributed by atoms with E-state index < -0.39 is 0 Å². The fourth-order valence-corrected chi connectivity index (χ4v) is 3.07. The van der Waals surface area contributed by atoms with Gasteiger partial charge in [0.05, 0.1) is 11.9 Å². The molecule has 0 aromatic carbocycles. The third-order valence-corrected chi connectivity index (χ3v) is 4.18. The van der Waals surface area contributed by atoms with Gasteiger partial charge in [-0.25, -0.2) is 0 Å². The van der Waals surface area contributed by atoms with Crippen molar-refractivity contribution in [2.45, 2.75) is 66.0 Å². The fraction of sp³-hybridized carbons (Fsp3) is 0.800. The molecule has 102 valence electrons. The molecule has 1 aromatic rings. The van der Waals surface area contributed by atoms with Crippen LogP contribution in [-0.2, 0) is 0 Å². The molecule has 18 heavy (non-hydrogen) atoms. The number of hydrogen-bond acceptors (Lipinski definition) is 2. The first-order valence-electron chi connectivity index (χ1n) is 7.18. The standard InChI is InChI=1S/C15H27N3/c1-11(2)18-10-13(9-16-18)17-14-6-7-15(4,5)8-12(14)3/h9-12,14,17H,6-8H2,1-5H3. The summed E-state index contributed by atoms with van der Waals surface area (Å²) in [4.78, 5) is 0. The normalized spacial score (nSPS) is 27.4. The zero-order valence-electron chi connectivity index (χ0n) is 12.4. The third kappa shape index (κ3) is 3.06. The molecule has 0 radical (unpaired) electrons. The number of nitrogens with one attached hydrogen (secondary N) is 1. The Hall–Kier alpha value is -0.990. The Morgan fingerprint density at radius 3 is 2.72 bits per heavy atom. The van der Waals surface area contributed by atoms with Gasteiger partial charge in [-0.15, -0.1) is 0 Å². The number of hydrogen-bond donors (Lipinski definition) is 1. The van der Waals surface area contributed by atoms with Crippen LogP contribution < -0.4 is 5.32 Å². The molecule has 1 aliphatic rings. The minimum atomic E-state index is 0.434. The van der Waals surface area contributed by atoms with Crippen LogP contribution in [0, 0.1) is 11.3 Å². The van der Waals surface area contributed by atoms with Crippen molar-refractivity contribution in [3.05, 3.63) is 12.4 Å². The maximum absolute atomic E-state index is 4.39. The summed E-state index contributed by atoms with van der Waals surface area (Å²) in [7, 11) is 0. The van der Waals surface area contributed by atoms with Gasteiger partial charge < -0.3 is 5.32 Å². The first kappa shape index (κ1) is 13.4. The summed E-state index contributed by atoms with van der Waals surface area (Å²) in [6.07, 6.45) is 7.96. The van der Waals surface area contributed by atoms with E-state index in [-0.39, 0.29) is 0 Å². The van der Waals surface area contributed by atoms with Crippen LogP contribution in [-0.4, -0.2) is 15.8 Å². The van der Waals surface area contributed by atoms with Crippen LogP contribution in [0.3, 0.4) is 0 Å². The molecule has 3 nitrogen and oxygen atoms in total. The average molecular weight is 249 g/mol. The molecule has 0 bridgehead atoms. The van der Waals surface area contributed by atoms with E-state index in [1.165, 1.54) is 24.9 Å². The zero-order valence-corrected chi connectivity index (χ0v) is 12.4. The summed E-state index contributed by atoms with van der Waals surface area (Å²) < 4.78 is 2.01. The van der Waals surface area contributed by atoms with E-state index >= 15 is 0 Å². The van der Waals surface area contributed by atoms with Gasteiger partial charge in [-0.3, -0.25) is 4.68 Å². The van der Waals surface area contributed by atoms with Crippen LogP contribution in [0.4, 0.5) is 5.69 Å². The molecular weight excluding hydrogens is 222 g/mol. The number of rotatable bonds is 3. The highest BCUT2D eigenvalue weighted by molar-refractivity contribution is 5.39. The van der Waals surface area contributed by atoms with Crippen molar-refractivity contribution in [1.29, 1.82) is 0 Å². The molecule has 1 fully saturated rings. The average Bonchev–Trinajstić information content (AvgIpc) is 2.70. The summed E-state index contributed by atoms with van der Waals surface area (Å²) >= 11 is 0. The lowest BCUT2D eigenvalue weighted by Crippen LogP contribution is -2.36. The fourth-order valence-electron chi connectivity index (χ4n) is 3.07. The van der Waals surface area contributed by atoms with E-state index in [2.05, 4.69) is 51.2 Å². The summed E-state index contributed by atoms with van der Waals surface area (Å²) in [5.41, 5.74) is 1.68. The van der Waals surface area contributed by atoms with E-state index in [1.807, 2.05) is 10.9 Å². The van der Waals surface area contributed by atoms with Crippen molar-refractivity contribution in [1.82, 2.24) is 9.78 Å². The van der Waals surface area contributed by atoms with Crippen LogP contribution in [0.25, 0.3) is 0 Å². The number of nitrogens with zero attached hydrogens (tertiary/aromatic N) is 2. The molecule has 2 atom stereocenters. The quantitative estimate of drug-likeness (QED) is 0.874. The lowest BCUT2D eigenvalue weighted by molar-refractivity contribution is 0.177. The first-order valence-corrected chi connectivity index (χ1v) is 7.18. The molecule has 0 spiro atoms. The van der Waals surface area contributed by atoms with Crippen molar-refractivity contribution in [2.75, 3.05) is 5.32 Å². The lowest BCUT2D eigenvalue weighted by atomic mass is 9.70. The van der Waals surface area contributed by atoms with E-state index in [9.17, 15) is 0 Å². The lowest BCUT2D eigenvalue weighted by Gasteiger charge is -2.39. The van der Waals surface area contributed by atoms with Crippen LogP contribution >= 0.6 is 0 Å². The Morgan fingerprint density at radius 1 is 1.44 bits per heavy atom. The summed E-state index contributed by atoms with van der Waals surface area (Å²) in [6, 6.07) is 1.03. The third-order valence-electron chi connectivity index (χ3n) is 4.18. The van der Waals surface area contributed by atoms with Gasteiger partial charge >= 0.3 is 0 Å². The van der Waals surface area contributed by atoms with Gasteiger partial charge in [-0.2, -0.15) is 5.10 Å². The van der Waals surface area contributed by atoms with Gasteiger partial charge in [0.1, 0.15) is 0 Å². The molecule has 0 saturated heterocycles. The molecule has 0 amide bonds. The van der Waals surface area contributed by atoms with E-state index in [4.69, 9.17) is 0 Å².